The number of aliphatic hydroxyl groups is 1. The van der Waals surface area contributed by atoms with Crippen LogP contribution in [0.2, 0.25) is 25.7 Å². The molecule has 0 bridgehead atoms. The van der Waals surface area contributed by atoms with E-state index in [1.807, 2.05) is 30.3 Å². The molecule has 0 fully saturated rings. The molecule has 140 valence electrons. The summed E-state index contributed by atoms with van der Waals surface area (Å²) in [6.45, 7) is 7.63. The number of ether oxygens (including phenoxy) is 3. The molecule has 2 aromatic rings. The molecule has 4 nitrogen and oxygen atoms in total. The Labute approximate surface area is 156 Å². The molecule has 5 heteroatoms. The van der Waals surface area contributed by atoms with Crippen LogP contribution in [0.1, 0.15) is 23.5 Å². The minimum absolute atomic E-state index is 0.0693. The molecular formula is C21H28O4Si. The molecule has 0 spiro atoms. The first-order valence-electron chi connectivity index (χ1n) is 9.12. The van der Waals surface area contributed by atoms with Crippen molar-refractivity contribution in [3.63, 3.8) is 0 Å². The molecule has 1 aliphatic rings. The van der Waals surface area contributed by atoms with E-state index in [-0.39, 0.29) is 5.92 Å². The second kappa shape index (κ2) is 7.72. The molecule has 0 aromatic heterocycles. The summed E-state index contributed by atoms with van der Waals surface area (Å²) >= 11 is 0. The highest BCUT2D eigenvalue weighted by atomic mass is 28.3. The fraction of sp³-hybridized carbons (Fsp3) is 0.429. The van der Waals surface area contributed by atoms with Crippen molar-refractivity contribution in [1.82, 2.24) is 0 Å². The lowest BCUT2D eigenvalue weighted by Gasteiger charge is -2.30. The van der Waals surface area contributed by atoms with Crippen LogP contribution < -0.4 is 14.2 Å². The van der Waals surface area contributed by atoms with Crippen LogP contribution in [0.25, 0.3) is 0 Å². The van der Waals surface area contributed by atoms with Gasteiger partial charge in [0.2, 0.25) is 0 Å². The highest BCUT2D eigenvalue weighted by Crippen LogP contribution is 2.45. The third kappa shape index (κ3) is 4.40. The number of rotatable bonds is 6. The van der Waals surface area contributed by atoms with Gasteiger partial charge in [-0.3, -0.25) is 0 Å². The molecule has 0 amide bonds. The SMILES string of the molecule is COc1cc2c(cc1OCC[Si](C)(C)C)OC(O)C[C@@H]2c1ccccc1. The summed E-state index contributed by atoms with van der Waals surface area (Å²) in [6.07, 6.45) is -0.299. The van der Waals surface area contributed by atoms with Crippen molar-refractivity contribution >= 4 is 8.07 Å². The molecule has 26 heavy (non-hydrogen) atoms. The minimum Gasteiger partial charge on any atom is -0.493 e. The van der Waals surface area contributed by atoms with E-state index in [4.69, 9.17) is 14.2 Å². The highest BCUT2D eigenvalue weighted by molar-refractivity contribution is 6.76. The third-order valence-electron chi connectivity index (χ3n) is 4.68. The molecule has 3 rings (SSSR count). The van der Waals surface area contributed by atoms with E-state index in [2.05, 4.69) is 31.8 Å². The Morgan fingerprint density at radius 2 is 1.85 bits per heavy atom. The second-order valence-electron chi connectivity index (χ2n) is 7.97. The predicted molar refractivity (Wildman–Crippen MR) is 106 cm³/mol. The standard InChI is InChI=1S/C21H28O4Si/c1-23-19-12-17-16(15-8-6-5-7-9-15)13-21(22)25-18(17)14-20(19)24-10-11-26(2,3)4/h5-9,12,14,16,21-22H,10-11,13H2,1-4H3/t16-,21?/m1/s1. The van der Waals surface area contributed by atoms with Crippen molar-refractivity contribution in [2.24, 2.45) is 0 Å². The van der Waals surface area contributed by atoms with Crippen LogP contribution in [0.15, 0.2) is 42.5 Å². The smallest absolute Gasteiger partial charge is 0.198 e. The summed E-state index contributed by atoms with van der Waals surface area (Å²) in [5, 5.41) is 10.2. The first-order valence-corrected chi connectivity index (χ1v) is 12.8. The third-order valence-corrected chi connectivity index (χ3v) is 6.39. The summed E-state index contributed by atoms with van der Waals surface area (Å²) < 4.78 is 17.3. The van der Waals surface area contributed by atoms with Gasteiger partial charge < -0.3 is 19.3 Å². The quantitative estimate of drug-likeness (QED) is 0.750. The van der Waals surface area contributed by atoms with Crippen LogP contribution in [-0.4, -0.2) is 33.2 Å². The maximum atomic E-state index is 10.2. The van der Waals surface area contributed by atoms with Gasteiger partial charge in [-0.15, -0.1) is 0 Å². The van der Waals surface area contributed by atoms with Crippen LogP contribution >= 0.6 is 0 Å². The Balaban J connectivity index is 1.91. The molecule has 1 N–H and O–H groups in total. The molecule has 0 aliphatic carbocycles. The monoisotopic (exact) mass is 372 g/mol. The summed E-state index contributed by atoms with van der Waals surface area (Å²) in [5.41, 5.74) is 2.18. The Bertz CT molecular complexity index is 740. The molecule has 0 saturated carbocycles. The first-order chi connectivity index (χ1) is 12.4. The van der Waals surface area contributed by atoms with E-state index in [1.54, 1.807) is 7.11 Å². The fourth-order valence-corrected chi connectivity index (χ4v) is 3.91. The summed E-state index contributed by atoms with van der Waals surface area (Å²) in [5.74, 6) is 2.12. The maximum Gasteiger partial charge on any atom is 0.198 e. The highest BCUT2D eigenvalue weighted by Gasteiger charge is 2.30. The van der Waals surface area contributed by atoms with Crippen molar-refractivity contribution in [3.8, 4) is 17.2 Å². The van der Waals surface area contributed by atoms with Gasteiger partial charge in [0.25, 0.3) is 0 Å². The van der Waals surface area contributed by atoms with Crippen molar-refractivity contribution in [1.29, 1.82) is 0 Å². The Hall–Kier alpha value is -1.98. The van der Waals surface area contributed by atoms with Gasteiger partial charge in [-0.1, -0.05) is 50.0 Å². The lowest BCUT2D eigenvalue weighted by Crippen LogP contribution is -2.26. The largest absolute Gasteiger partial charge is 0.493 e. The minimum atomic E-state index is -1.17. The van der Waals surface area contributed by atoms with E-state index in [0.717, 1.165) is 17.2 Å². The number of benzene rings is 2. The van der Waals surface area contributed by atoms with Gasteiger partial charge in [-0.05, 0) is 17.7 Å². The lowest BCUT2D eigenvalue weighted by molar-refractivity contribution is -0.0361. The topological polar surface area (TPSA) is 47.9 Å². The molecular weight excluding hydrogens is 344 g/mol. The van der Waals surface area contributed by atoms with Crippen molar-refractivity contribution < 1.29 is 19.3 Å². The Morgan fingerprint density at radius 3 is 2.50 bits per heavy atom. The van der Waals surface area contributed by atoms with Gasteiger partial charge in [0.1, 0.15) is 5.75 Å². The Morgan fingerprint density at radius 1 is 1.12 bits per heavy atom. The van der Waals surface area contributed by atoms with Crippen LogP contribution in [0, 0.1) is 0 Å². The summed E-state index contributed by atoms with van der Waals surface area (Å²) in [4.78, 5) is 0. The van der Waals surface area contributed by atoms with Crippen LogP contribution in [-0.2, 0) is 0 Å². The van der Waals surface area contributed by atoms with Crippen LogP contribution in [0.4, 0.5) is 0 Å². The van der Waals surface area contributed by atoms with Crippen molar-refractivity contribution in [3.05, 3.63) is 53.6 Å². The van der Waals surface area contributed by atoms with E-state index < -0.39 is 14.4 Å². The zero-order valence-corrected chi connectivity index (χ0v) is 17.0. The zero-order chi connectivity index (χ0) is 18.7. The lowest BCUT2D eigenvalue weighted by atomic mass is 9.86. The van der Waals surface area contributed by atoms with Gasteiger partial charge in [0.05, 0.1) is 13.7 Å². The fourth-order valence-electron chi connectivity index (χ4n) is 3.20. The van der Waals surface area contributed by atoms with Crippen molar-refractivity contribution in [2.75, 3.05) is 13.7 Å². The number of hydrogen-bond acceptors (Lipinski definition) is 4. The summed E-state index contributed by atoms with van der Waals surface area (Å²) in [7, 11) is 0.486. The van der Waals surface area contributed by atoms with Gasteiger partial charge in [-0.25, -0.2) is 0 Å². The Kier molecular flexibility index (Phi) is 5.58. The normalized spacial score (nSPS) is 19.4. The number of hydrogen-bond donors (Lipinski definition) is 1. The predicted octanol–water partition coefficient (Wildman–Crippen LogP) is 4.65. The van der Waals surface area contributed by atoms with E-state index in [0.29, 0.717) is 30.3 Å². The molecule has 0 saturated heterocycles. The molecule has 1 unspecified atom stereocenters. The molecule has 1 heterocycles. The van der Waals surface area contributed by atoms with Gasteiger partial charge >= 0.3 is 0 Å². The van der Waals surface area contributed by atoms with Crippen LogP contribution in [0.3, 0.4) is 0 Å². The van der Waals surface area contributed by atoms with Crippen molar-refractivity contribution in [2.45, 2.75) is 44.3 Å². The zero-order valence-electron chi connectivity index (χ0n) is 16.0. The van der Waals surface area contributed by atoms with E-state index in [9.17, 15) is 5.11 Å². The number of aliphatic hydroxyl groups excluding tert-OH is 1. The molecule has 2 atom stereocenters. The molecule has 2 aromatic carbocycles. The molecule has 0 radical (unpaired) electrons. The van der Waals surface area contributed by atoms with E-state index in [1.165, 1.54) is 0 Å². The second-order valence-corrected chi connectivity index (χ2v) is 13.6. The van der Waals surface area contributed by atoms with Gasteiger partial charge in [-0.2, -0.15) is 0 Å². The number of fused-ring (bicyclic) bond motifs is 1. The van der Waals surface area contributed by atoms with Crippen LogP contribution in [0.5, 0.6) is 17.2 Å². The first kappa shape index (κ1) is 18.8. The summed E-state index contributed by atoms with van der Waals surface area (Å²) in [6, 6.07) is 15.1. The average Bonchev–Trinajstić information content (AvgIpc) is 2.60. The maximum absolute atomic E-state index is 10.2. The van der Waals surface area contributed by atoms with Gasteiger partial charge in [0.15, 0.2) is 17.8 Å². The van der Waals surface area contributed by atoms with E-state index >= 15 is 0 Å². The molecule has 1 aliphatic heterocycles. The number of methoxy groups -OCH3 is 1. The average molecular weight is 373 g/mol. The van der Waals surface area contributed by atoms with Gasteiger partial charge in [0, 0.05) is 32.0 Å².